The maximum Gasteiger partial charge on any atom is 0.416 e. The topological polar surface area (TPSA) is 70.8 Å². The first-order valence-electron chi connectivity index (χ1n) is 9.71. The number of carbonyl (C=O) groups excluding carboxylic acids is 1. The summed E-state index contributed by atoms with van der Waals surface area (Å²) in [5.41, 5.74) is -1.55. The molecule has 1 aliphatic rings. The quantitative estimate of drug-likeness (QED) is 0.411. The van der Waals surface area contributed by atoms with Crippen LogP contribution < -0.4 is 10.3 Å². The van der Waals surface area contributed by atoms with Crippen LogP contribution in [0.1, 0.15) is 33.3 Å². The first-order valence-corrected chi connectivity index (χ1v) is 9.71. The SMILES string of the molecule is O=C1c2oc3ccc(F)cc3c(=O)c2C(c2ccc(O)cc2)N1c1cccc(C(F)(F)F)c1. The second-order valence-corrected chi connectivity index (χ2v) is 7.53. The summed E-state index contributed by atoms with van der Waals surface area (Å²) >= 11 is 0. The van der Waals surface area contributed by atoms with Crippen molar-refractivity contribution in [1.82, 2.24) is 0 Å². The summed E-state index contributed by atoms with van der Waals surface area (Å²) in [4.78, 5) is 27.7. The van der Waals surface area contributed by atoms with E-state index < -0.39 is 34.9 Å². The third kappa shape index (κ3) is 3.32. The van der Waals surface area contributed by atoms with Crippen molar-refractivity contribution in [2.75, 3.05) is 4.90 Å². The first kappa shape index (κ1) is 20.7. The van der Waals surface area contributed by atoms with Gasteiger partial charge in [0, 0.05) is 5.69 Å². The number of hydrogen-bond acceptors (Lipinski definition) is 4. The molecule has 0 saturated carbocycles. The number of phenols is 1. The van der Waals surface area contributed by atoms with Crippen molar-refractivity contribution < 1.29 is 31.9 Å². The Hall–Kier alpha value is -4.14. The Bertz CT molecular complexity index is 1480. The highest BCUT2D eigenvalue weighted by Crippen LogP contribution is 2.42. The molecule has 2 heterocycles. The van der Waals surface area contributed by atoms with E-state index in [1.54, 1.807) is 0 Å². The van der Waals surface area contributed by atoms with Crippen molar-refractivity contribution in [1.29, 1.82) is 0 Å². The molecule has 0 fully saturated rings. The lowest BCUT2D eigenvalue weighted by molar-refractivity contribution is -0.137. The fraction of sp³-hybridized carbons (Fsp3) is 0.0833. The van der Waals surface area contributed by atoms with Gasteiger partial charge in [-0.25, -0.2) is 4.39 Å². The molecule has 0 bridgehead atoms. The number of fused-ring (bicyclic) bond motifs is 2. The van der Waals surface area contributed by atoms with Crippen LogP contribution in [0.15, 0.2) is 75.9 Å². The summed E-state index contributed by atoms with van der Waals surface area (Å²) in [6, 6.07) is 11.8. The number of aromatic hydroxyl groups is 1. The molecule has 0 spiro atoms. The maximum atomic E-state index is 13.8. The molecule has 1 amide bonds. The summed E-state index contributed by atoms with van der Waals surface area (Å²) < 4.78 is 59.5. The van der Waals surface area contributed by atoms with Crippen LogP contribution in [0.5, 0.6) is 5.75 Å². The van der Waals surface area contributed by atoms with Crippen molar-refractivity contribution >= 4 is 22.6 Å². The third-order valence-electron chi connectivity index (χ3n) is 5.49. The van der Waals surface area contributed by atoms with Gasteiger partial charge in [-0.2, -0.15) is 13.2 Å². The Morgan fingerprint density at radius 2 is 1.67 bits per heavy atom. The number of benzene rings is 3. The van der Waals surface area contributed by atoms with Gasteiger partial charge in [0.1, 0.15) is 17.1 Å². The van der Waals surface area contributed by atoms with Gasteiger partial charge in [0.25, 0.3) is 5.91 Å². The number of anilines is 1. The van der Waals surface area contributed by atoms with Crippen LogP contribution in [0.2, 0.25) is 0 Å². The number of rotatable bonds is 2. The average molecular weight is 455 g/mol. The molecule has 0 radical (unpaired) electrons. The highest BCUT2D eigenvalue weighted by Gasteiger charge is 2.44. The molecule has 1 atom stereocenters. The number of carbonyl (C=O) groups is 1. The average Bonchev–Trinajstić information content (AvgIpc) is 3.07. The van der Waals surface area contributed by atoms with E-state index in [-0.39, 0.29) is 33.7 Å². The number of nitrogens with zero attached hydrogens (tertiary/aromatic N) is 1. The second-order valence-electron chi connectivity index (χ2n) is 7.53. The predicted molar refractivity (Wildman–Crippen MR) is 111 cm³/mol. The van der Waals surface area contributed by atoms with Gasteiger partial charge < -0.3 is 9.52 Å². The number of amides is 1. The summed E-state index contributed by atoms with van der Waals surface area (Å²) in [5, 5.41) is 9.55. The van der Waals surface area contributed by atoms with Gasteiger partial charge in [-0.3, -0.25) is 14.5 Å². The zero-order chi connectivity index (χ0) is 23.5. The normalized spacial score (nSPS) is 15.8. The molecule has 166 valence electrons. The molecular formula is C24H13F4NO4. The molecule has 9 heteroatoms. The molecule has 4 aromatic rings. The van der Waals surface area contributed by atoms with Gasteiger partial charge in [0.15, 0.2) is 5.43 Å². The van der Waals surface area contributed by atoms with Crippen LogP contribution in [0.3, 0.4) is 0 Å². The second kappa shape index (κ2) is 7.19. The lowest BCUT2D eigenvalue weighted by Crippen LogP contribution is -2.29. The minimum Gasteiger partial charge on any atom is -0.508 e. The Labute approximate surface area is 183 Å². The molecule has 1 unspecified atom stereocenters. The van der Waals surface area contributed by atoms with E-state index in [2.05, 4.69) is 0 Å². The van der Waals surface area contributed by atoms with E-state index in [0.29, 0.717) is 5.56 Å². The van der Waals surface area contributed by atoms with Crippen LogP contribution in [-0.4, -0.2) is 11.0 Å². The first-order chi connectivity index (χ1) is 15.6. The maximum absolute atomic E-state index is 13.8. The molecule has 1 aromatic heterocycles. The van der Waals surface area contributed by atoms with Crippen molar-refractivity contribution in [3.63, 3.8) is 0 Å². The van der Waals surface area contributed by atoms with Gasteiger partial charge in [0.2, 0.25) is 5.76 Å². The lowest BCUT2D eigenvalue weighted by atomic mass is 9.98. The fourth-order valence-electron chi connectivity index (χ4n) is 4.02. The van der Waals surface area contributed by atoms with Crippen LogP contribution in [0, 0.1) is 5.82 Å². The van der Waals surface area contributed by atoms with E-state index >= 15 is 0 Å². The smallest absolute Gasteiger partial charge is 0.416 e. The predicted octanol–water partition coefficient (Wildman–Crippen LogP) is 5.41. The van der Waals surface area contributed by atoms with Crippen LogP contribution in [0.25, 0.3) is 11.0 Å². The number of alkyl halides is 3. The van der Waals surface area contributed by atoms with E-state index in [9.17, 15) is 32.3 Å². The molecule has 5 rings (SSSR count). The minimum atomic E-state index is -4.65. The van der Waals surface area contributed by atoms with Crippen molar-refractivity contribution in [3.8, 4) is 5.75 Å². The number of phenolic OH excluding ortho intramolecular Hbond substituents is 1. The third-order valence-corrected chi connectivity index (χ3v) is 5.49. The summed E-state index contributed by atoms with van der Waals surface area (Å²) in [5.74, 6) is -1.92. The Morgan fingerprint density at radius 1 is 0.939 bits per heavy atom. The molecule has 5 nitrogen and oxygen atoms in total. The molecule has 0 aliphatic carbocycles. The summed E-state index contributed by atoms with van der Waals surface area (Å²) in [7, 11) is 0. The monoisotopic (exact) mass is 455 g/mol. The van der Waals surface area contributed by atoms with Crippen molar-refractivity contribution in [2.24, 2.45) is 0 Å². The van der Waals surface area contributed by atoms with Crippen LogP contribution in [-0.2, 0) is 6.18 Å². The van der Waals surface area contributed by atoms with Crippen molar-refractivity contribution in [2.45, 2.75) is 12.2 Å². The van der Waals surface area contributed by atoms with E-state index in [0.717, 1.165) is 35.2 Å². The number of hydrogen-bond donors (Lipinski definition) is 1. The van der Waals surface area contributed by atoms with Gasteiger partial charge in [-0.15, -0.1) is 0 Å². The van der Waals surface area contributed by atoms with E-state index in [4.69, 9.17) is 4.42 Å². The molecular weight excluding hydrogens is 442 g/mol. The molecule has 1 N–H and O–H groups in total. The van der Waals surface area contributed by atoms with Gasteiger partial charge >= 0.3 is 6.18 Å². The summed E-state index contributed by atoms with van der Waals surface area (Å²) in [6.45, 7) is 0. The molecule has 33 heavy (non-hydrogen) atoms. The van der Waals surface area contributed by atoms with Crippen LogP contribution >= 0.6 is 0 Å². The van der Waals surface area contributed by atoms with E-state index in [1.807, 2.05) is 0 Å². The Morgan fingerprint density at radius 3 is 2.36 bits per heavy atom. The summed E-state index contributed by atoms with van der Waals surface area (Å²) in [6.07, 6.45) is -4.65. The Balaban J connectivity index is 1.79. The van der Waals surface area contributed by atoms with Gasteiger partial charge in [0.05, 0.1) is 22.6 Å². The highest BCUT2D eigenvalue weighted by atomic mass is 19.4. The molecule has 1 aliphatic heterocycles. The molecule has 0 saturated heterocycles. The standard InChI is InChI=1S/C24H13F4NO4/c25-14-6-9-18-17(11-14)21(31)19-20(12-4-7-16(30)8-5-12)29(23(32)22(19)33-18)15-3-1-2-13(10-15)24(26,27)28/h1-11,20,30H. The largest absolute Gasteiger partial charge is 0.508 e. The minimum absolute atomic E-state index is 0.0242. The highest BCUT2D eigenvalue weighted by molar-refractivity contribution is 6.10. The van der Waals surface area contributed by atoms with Crippen LogP contribution in [0.4, 0.5) is 23.2 Å². The lowest BCUT2D eigenvalue weighted by Gasteiger charge is -2.26. The zero-order valence-corrected chi connectivity index (χ0v) is 16.6. The number of halogens is 4. The van der Waals surface area contributed by atoms with E-state index in [1.165, 1.54) is 36.4 Å². The fourth-order valence-corrected chi connectivity index (χ4v) is 4.02. The molecule has 3 aromatic carbocycles. The zero-order valence-electron chi connectivity index (χ0n) is 16.6. The Kier molecular flexibility index (Phi) is 4.52. The van der Waals surface area contributed by atoms with Gasteiger partial charge in [-0.1, -0.05) is 18.2 Å². The van der Waals surface area contributed by atoms with Gasteiger partial charge in [-0.05, 0) is 54.1 Å². The van der Waals surface area contributed by atoms with Crippen molar-refractivity contribution in [3.05, 3.63) is 105 Å².